The molecule has 0 N–H and O–H groups in total. The maximum absolute atomic E-state index is 11.1. The van der Waals surface area contributed by atoms with Gasteiger partial charge in [0.05, 0.1) is 16.6 Å². The van der Waals surface area contributed by atoms with Crippen LogP contribution in [0, 0.1) is 10.1 Å². The summed E-state index contributed by atoms with van der Waals surface area (Å²) in [7, 11) is 0. The van der Waals surface area contributed by atoms with E-state index in [2.05, 4.69) is 0 Å². The molecule has 0 amide bonds. The highest BCUT2D eigenvalue weighted by molar-refractivity contribution is 6.35. The molecule has 0 unspecified atom stereocenters. The molecule has 8 heteroatoms. The second kappa shape index (κ2) is 6.62. The maximum Gasteiger partial charge on any atom is 0.270 e. The molecule has 6 nitrogen and oxygen atoms in total. The van der Waals surface area contributed by atoms with Crippen LogP contribution in [0.2, 0.25) is 10.0 Å². The van der Waals surface area contributed by atoms with Gasteiger partial charge < -0.3 is 14.2 Å². The molecular weight excluding hydrogens is 345 g/mol. The zero-order valence-corrected chi connectivity index (χ0v) is 13.3. The van der Waals surface area contributed by atoms with Crippen molar-refractivity contribution in [2.45, 2.75) is 13.2 Å². The number of nitro groups is 1. The van der Waals surface area contributed by atoms with E-state index in [1.165, 1.54) is 12.1 Å². The lowest BCUT2D eigenvalue weighted by Crippen LogP contribution is -2.14. The molecule has 0 aliphatic carbocycles. The second-order valence-electron chi connectivity index (χ2n) is 4.82. The van der Waals surface area contributed by atoms with E-state index in [1.807, 2.05) is 0 Å². The first kappa shape index (κ1) is 15.9. The van der Waals surface area contributed by atoms with Crippen molar-refractivity contribution >= 4 is 28.9 Å². The molecule has 2 aromatic rings. The van der Waals surface area contributed by atoms with Gasteiger partial charge in [-0.25, -0.2) is 0 Å². The van der Waals surface area contributed by atoms with Crippen LogP contribution in [0.1, 0.15) is 11.1 Å². The number of rotatable bonds is 4. The molecule has 1 heterocycles. The van der Waals surface area contributed by atoms with E-state index < -0.39 is 4.92 Å². The van der Waals surface area contributed by atoms with Gasteiger partial charge in [-0.2, -0.15) is 0 Å². The molecule has 23 heavy (non-hydrogen) atoms. The SMILES string of the molecule is O=[N+]([O-])c1cc2c(c(COc3ccc(Cl)cc3Cl)c1)OCOC2. The Morgan fingerprint density at radius 1 is 1.26 bits per heavy atom. The fraction of sp³-hybridized carbons (Fsp3) is 0.200. The minimum atomic E-state index is -0.465. The number of nitrogens with zero attached hydrogens (tertiary/aromatic N) is 1. The number of ether oxygens (including phenoxy) is 3. The molecule has 0 atom stereocenters. The van der Waals surface area contributed by atoms with E-state index in [0.717, 1.165) is 0 Å². The van der Waals surface area contributed by atoms with Crippen molar-refractivity contribution in [2.75, 3.05) is 6.79 Å². The lowest BCUT2D eigenvalue weighted by Gasteiger charge is -2.20. The first-order chi connectivity index (χ1) is 11.0. The number of halogens is 2. The van der Waals surface area contributed by atoms with Gasteiger partial charge in [0.15, 0.2) is 6.79 Å². The summed E-state index contributed by atoms with van der Waals surface area (Å²) in [6, 6.07) is 7.71. The Kier molecular flexibility index (Phi) is 4.56. The summed E-state index contributed by atoms with van der Waals surface area (Å²) < 4.78 is 16.3. The Labute approximate surface area is 141 Å². The lowest BCUT2D eigenvalue weighted by atomic mass is 10.1. The number of fused-ring (bicyclic) bond motifs is 1. The smallest absolute Gasteiger partial charge is 0.270 e. The number of nitro benzene ring substituents is 1. The minimum Gasteiger partial charge on any atom is -0.487 e. The lowest BCUT2D eigenvalue weighted by molar-refractivity contribution is -0.385. The van der Waals surface area contributed by atoms with Gasteiger partial charge in [-0.1, -0.05) is 23.2 Å². The molecule has 0 fully saturated rings. The van der Waals surface area contributed by atoms with Crippen molar-refractivity contribution in [3.05, 3.63) is 61.6 Å². The van der Waals surface area contributed by atoms with E-state index in [4.69, 9.17) is 37.4 Å². The van der Waals surface area contributed by atoms with Crippen molar-refractivity contribution in [1.82, 2.24) is 0 Å². The predicted octanol–water partition coefficient (Wildman–Crippen LogP) is 4.35. The molecule has 0 spiro atoms. The Morgan fingerprint density at radius 2 is 2.09 bits per heavy atom. The summed E-state index contributed by atoms with van der Waals surface area (Å²) in [5, 5.41) is 11.9. The summed E-state index contributed by atoms with van der Waals surface area (Å²) in [5.41, 5.74) is 1.13. The normalized spacial score (nSPS) is 13.1. The van der Waals surface area contributed by atoms with Gasteiger partial charge >= 0.3 is 0 Å². The van der Waals surface area contributed by atoms with Crippen LogP contribution >= 0.6 is 23.2 Å². The third-order valence-corrected chi connectivity index (χ3v) is 3.79. The average molecular weight is 356 g/mol. The van der Waals surface area contributed by atoms with Gasteiger partial charge in [0.1, 0.15) is 18.1 Å². The Bertz CT molecular complexity index is 766. The van der Waals surface area contributed by atoms with Crippen LogP contribution in [0.5, 0.6) is 11.5 Å². The Balaban J connectivity index is 1.89. The third-order valence-electron chi connectivity index (χ3n) is 3.26. The second-order valence-corrected chi connectivity index (χ2v) is 5.67. The van der Waals surface area contributed by atoms with Crippen LogP contribution < -0.4 is 9.47 Å². The fourth-order valence-electron chi connectivity index (χ4n) is 2.24. The topological polar surface area (TPSA) is 70.8 Å². The first-order valence-corrected chi connectivity index (χ1v) is 7.39. The average Bonchev–Trinajstić information content (AvgIpc) is 2.53. The third kappa shape index (κ3) is 3.50. The number of hydrogen-bond acceptors (Lipinski definition) is 5. The summed E-state index contributed by atoms with van der Waals surface area (Å²) in [4.78, 5) is 10.6. The molecule has 0 aromatic heterocycles. The van der Waals surface area contributed by atoms with Gasteiger partial charge in [0.25, 0.3) is 5.69 Å². The van der Waals surface area contributed by atoms with Crippen LogP contribution in [-0.2, 0) is 18.0 Å². The summed E-state index contributed by atoms with van der Waals surface area (Å²) in [5.74, 6) is 0.982. The molecule has 0 saturated heterocycles. The van der Waals surface area contributed by atoms with Crippen molar-refractivity contribution in [2.24, 2.45) is 0 Å². The molecule has 0 radical (unpaired) electrons. The highest BCUT2D eigenvalue weighted by atomic mass is 35.5. The van der Waals surface area contributed by atoms with Gasteiger partial charge in [-0.3, -0.25) is 10.1 Å². The zero-order valence-electron chi connectivity index (χ0n) is 11.8. The molecule has 3 rings (SSSR count). The van der Waals surface area contributed by atoms with Gasteiger partial charge in [-0.15, -0.1) is 0 Å². The molecule has 0 bridgehead atoms. The number of benzene rings is 2. The zero-order chi connectivity index (χ0) is 16.4. The predicted molar refractivity (Wildman–Crippen MR) is 84.2 cm³/mol. The summed E-state index contributed by atoms with van der Waals surface area (Å²) in [6.45, 7) is 0.427. The fourth-order valence-corrected chi connectivity index (χ4v) is 2.70. The minimum absolute atomic E-state index is 0.0429. The number of non-ortho nitro benzene ring substituents is 1. The standard InChI is InChI=1S/C15H11Cl2NO5/c16-11-1-2-14(13(17)5-11)22-7-10-4-12(18(19)20)3-9-6-21-8-23-15(9)10/h1-5H,6-8H2. The Hall–Kier alpha value is -2.02. The van der Waals surface area contributed by atoms with E-state index in [0.29, 0.717) is 32.7 Å². The van der Waals surface area contributed by atoms with Crippen LogP contribution in [0.15, 0.2) is 30.3 Å². The van der Waals surface area contributed by atoms with Gasteiger partial charge in [0.2, 0.25) is 0 Å². The molecule has 0 saturated carbocycles. The van der Waals surface area contributed by atoms with Crippen LogP contribution in [0.3, 0.4) is 0 Å². The number of hydrogen-bond donors (Lipinski definition) is 0. The van der Waals surface area contributed by atoms with Gasteiger partial charge in [0, 0.05) is 28.3 Å². The maximum atomic E-state index is 11.1. The molecule has 1 aliphatic rings. The largest absolute Gasteiger partial charge is 0.487 e. The van der Waals surface area contributed by atoms with Crippen LogP contribution in [0.25, 0.3) is 0 Å². The highest BCUT2D eigenvalue weighted by Crippen LogP contribution is 2.34. The van der Waals surface area contributed by atoms with Crippen molar-refractivity contribution < 1.29 is 19.1 Å². The summed E-state index contributed by atoms with van der Waals surface area (Å²) in [6.07, 6.45) is 0. The summed E-state index contributed by atoms with van der Waals surface area (Å²) >= 11 is 11.9. The molecule has 2 aromatic carbocycles. The molecule has 120 valence electrons. The monoisotopic (exact) mass is 355 g/mol. The molecular formula is C15H11Cl2NO5. The quantitative estimate of drug-likeness (QED) is 0.602. The van der Waals surface area contributed by atoms with Crippen molar-refractivity contribution in [3.63, 3.8) is 0 Å². The van der Waals surface area contributed by atoms with E-state index >= 15 is 0 Å². The van der Waals surface area contributed by atoms with E-state index in [9.17, 15) is 10.1 Å². The Morgan fingerprint density at radius 3 is 2.83 bits per heavy atom. The van der Waals surface area contributed by atoms with Crippen LogP contribution in [-0.4, -0.2) is 11.7 Å². The van der Waals surface area contributed by atoms with E-state index in [-0.39, 0.29) is 25.7 Å². The van der Waals surface area contributed by atoms with Gasteiger partial charge in [-0.05, 0) is 18.2 Å². The van der Waals surface area contributed by atoms with Crippen LogP contribution in [0.4, 0.5) is 5.69 Å². The van der Waals surface area contributed by atoms with Crippen molar-refractivity contribution in [1.29, 1.82) is 0 Å². The molecule has 1 aliphatic heterocycles. The van der Waals surface area contributed by atoms with E-state index in [1.54, 1.807) is 18.2 Å². The first-order valence-electron chi connectivity index (χ1n) is 6.63. The van der Waals surface area contributed by atoms with Crippen molar-refractivity contribution in [3.8, 4) is 11.5 Å². The highest BCUT2D eigenvalue weighted by Gasteiger charge is 2.21.